The summed E-state index contributed by atoms with van der Waals surface area (Å²) in [5.41, 5.74) is 11.3. The van der Waals surface area contributed by atoms with Crippen LogP contribution < -0.4 is 5.73 Å². The van der Waals surface area contributed by atoms with Gasteiger partial charge in [-0.15, -0.1) is 0 Å². The summed E-state index contributed by atoms with van der Waals surface area (Å²) in [6.07, 6.45) is 2.29. The number of nitrogens with two attached hydrogens (primary N) is 1. The van der Waals surface area contributed by atoms with Gasteiger partial charge in [0.2, 0.25) is 0 Å². The van der Waals surface area contributed by atoms with Gasteiger partial charge in [0.25, 0.3) is 0 Å². The Morgan fingerprint density at radius 1 is 1.24 bits per heavy atom. The van der Waals surface area contributed by atoms with Crippen molar-refractivity contribution in [1.29, 1.82) is 0 Å². The van der Waals surface area contributed by atoms with Crippen molar-refractivity contribution in [3.63, 3.8) is 0 Å². The third kappa shape index (κ3) is 3.47. The van der Waals surface area contributed by atoms with Gasteiger partial charge in [0, 0.05) is 11.9 Å². The number of hydrogen-bond acceptors (Lipinski definition) is 4. The SMILES string of the molecule is COC(=O)C(N)Cc1ccc(-c2ccnc(C)c2C)cc1. The van der Waals surface area contributed by atoms with E-state index >= 15 is 0 Å². The maximum atomic E-state index is 11.3. The summed E-state index contributed by atoms with van der Waals surface area (Å²) in [4.78, 5) is 15.6. The molecule has 0 amide bonds. The number of carbonyl (C=O) groups excluding carboxylic acids is 1. The average Bonchev–Trinajstić information content (AvgIpc) is 2.50. The van der Waals surface area contributed by atoms with Crippen molar-refractivity contribution >= 4 is 5.97 Å². The molecule has 0 aliphatic heterocycles. The molecule has 0 aliphatic carbocycles. The molecular formula is C17H20N2O2. The van der Waals surface area contributed by atoms with Crippen LogP contribution in [0.2, 0.25) is 0 Å². The minimum atomic E-state index is -0.620. The summed E-state index contributed by atoms with van der Waals surface area (Å²) in [5, 5.41) is 0. The molecule has 0 bridgehead atoms. The van der Waals surface area contributed by atoms with Crippen LogP contribution in [0.3, 0.4) is 0 Å². The molecule has 0 aliphatic rings. The smallest absolute Gasteiger partial charge is 0.322 e. The van der Waals surface area contributed by atoms with Crippen LogP contribution in [0.1, 0.15) is 16.8 Å². The lowest BCUT2D eigenvalue weighted by Crippen LogP contribution is -2.33. The van der Waals surface area contributed by atoms with Gasteiger partial charge >= 0.3 is 5.97 Å². The number of hydrogen-bond donors (Lipinski definition) is 1. The lowest BCUT2D eigenvalue weighted by atomic mass is 9.98. The Hall–Kier alpha value is -2.20. The van der Waals surface area contributed by atoms with E-state index in [2.05, 4.69) is 16.6 Å². The molecule has 1 aromatic carbocycles. The van der Waals surface area contributed by atoms with Crippen LogP contribution in [0.15, 0.2) is 36.5 Å². The first kappa shape index (κ1) is 15.2. The first-order valence-corrected chi connectivity index (χ1v) is 6.88. The van der Waals surface area contributed by atoms with E-state index in [4.69, 9.17) is 5.73 Å². The fourth-order valence-electron chi connectivity index (χ4n) is 2.26. The van der Waals surface area contributed by atoms with E-state index in [0.717, 1.165) is 16.8 Å². The van der Waals surface area contributed by atoms with Gasteiger partial charge in [-0.1, -0.05) is 24.3 Å². The monoisotopic (exact) mass is 284 g/mol. The van der Waals surface area contributed by atoms with Crippen molar-refractivity contribution in [2.24, 2.45) is 5.73 Å². The molecule has 0 radical (unpaired) electrons. The first-order chi connectivity index (χ1) is 10.0. The molecule has 2 aromatic rings. The molecule has 1 aromatic heterocycles. The van der Waals surface area contributed by atoms with E-state index in [0.29, 0.717) is 6.42 Å². The second-order valence-electron chi connectivity index (χ2n) is 5.10. The van der Waals surface area contributed by atoms with Crippen molar-refractivity contribution in [3.05, 3.63) is 53.3 Å². The van der Waals surface area contributed by atoms with Crippen molar-refractivity contribution in [1.82, 2.24) is 4.98 Å². The number of nitrogens with zero attached hydrogens (tertiary/aromatic N) is 1. The summed E-state index contributed by atoms with van der Waals surface area (Å²) in [6, 6.07) is 9.46. The zero-order valence-corrected chi connectivity index (χ0v) is 12.6. The van der Waals surface area contributed by atoms with Gasteiger partial charge in [-0.05, 0) is 48.6 Å². The van der Waals surface area contributed by atoms with E-state index in [-0.39, 0.29) is 5.97 Å². The highest BCUT2D eigenvalue weighted by Crippen LogP contribution is 2.24. The Labute approximate surface area is 125 Å². The molecule has 1 heterocycles. The Bertz CT molecular complexity index is 636. The molecule has 0 saturated heterocycles. The van der Waals surface area contributed by atoms with E-state index in [9.17, 15) is 4.79 Å². The zero-order chi connectivity index (χ0) is 15.4. The number of pyridine rings is 1. The maximum absolute atomic E-state index is 11.3. The molecule has 2 rings (SSSR count). The predicted molar refractivity (Wildman–Crippen MR) is 82.8 cm³/mol. The van der Waals surface area contributed by atoms with Gasteiger partial charge < -0.3 is 10.5 Å². The highest BCUT2D eigenvalue weighted by Gasteiger charge is 2.14. The molecule has 1 atom stereocenters. The highest BCUT2D eigenvalue weighted by atomic mass is 16.5. The van der Waals surface area contributed by atoms with Gasteiger partial charge in [-0.3, -0.25) is 9.78 Å². The molecule has 21 heavy (non-hydrogen) atoms. The zero-order valence-electron chi connectivity index (χ0n) is 12.6. The molecule has 0 spiro atoms. The average molecular weight is 284 g/mol. The van der Waals surface area contributed by atoms with Gasteiger partial charge in [0.15, 0.2) is 0 Å². The molecular weight excluding hydrogens is 264 g/mol. The summed E-state index contributed by atoms with van der Waals surface area (Å²) in [7, 11) is 1.35. The minimum absolute atomic E-state index is 0.389. The molecule has 4 nitrogen and oxygen atoms in total. The Kier molecular flexibility index (Phi) is 4.70. The van der Waals surface area contributed by atoms with Crippen molar-refractivity contribution in [2.45, 2.75) is 26.3 Å². The lowest BCUT2D eigenvalue weighted by Gasteiger charge is -2.11. The summed E-state index contributed by atoms with van der Waals surface area (Å²) >= 11 is 0. The number of aromatic nitrogens is 1. The number of esters is 1. The van der Waals surface area contributed by atoms with Crippen LogP contribution >= 0.6 is 0 Å². The third-order valence-corrected chi connectivity index (χ3v) is 3.68. The largest absolute Gasteiger partial charge is 0.468 e. The number of benzene rings is 1. The lowest BCUT2D eigenvalue weighted by molar-refractivity contribution is -0.142. The Morgan fingerprint density at radius 3 is 2.52 bits per heavy atom. The Balaban J connectivity index is 2.19. The summed E-state index contributed by atoms with van der Waals surface area (Å²) in [5.74, 6) is -0.389. The number of carbonyl (C=O) groups is 1. The topological polar surface area (TPSA) is 65.2 Å². The Morgan fingerprint density at radius 2 is 1.90 bits per heavy atom. The van der Waals surface area contributed by atoms with Crippen LogP contribution in [0.4, 0.5) is 0 Å². The van der Waals surface area contributed by atoms with Crippen molar-refractivity contribution < 1.29 is 9.53 Å². The highest BCUT2D eigenvalue weighted by molar-refractivity contribution is 5.75. The number of rotatable bonds is 4. The molecule has 0 fully saturated rings. The molecule has 110 valence electrons. The van der Waals surface area contributed by atoms with E-state index in [1.54, 1.807) is 0 Å². The van der Waals surface area contributed by atoms with Crippen LogP contribution in [0.25, 0.3) is 11.1 Å². The van der Waals surface area contributed by atoms with Crippen LogP contribution in [0, 0.1) is 13.8 Å². The standard InChI is InChI=1S/C17H20N2O2/c1-11-12(2)19-9-8-15(11)14-6-4-13(5-7-14)10-16(18)17(20)21-3/h4-9,16H,10,18H2,1-3H3. The third-order valence-electron chi connectivity index (χ3n) is 3.68. The van der Waals surface area contributed by atoms with Gasteiger partial charge in [0.05, 0.1) is 7.11 Å². The molecule has 1 unspecified atom stereocenters. The second kappa shape index (κ2) is 6.50. The van der Waals surface area contributed by atoms with Gasteiger partial charge in [0.1, 0.15) is 6.04 Å². The van der Waals surface area contributed by atoms with Gasteiger partial charge in [-0.25, -0.2) is 0 Å². The number of methoxy groups -OCH3 is 1. The summed E-state index contributed by atoms with van der Waals surface area (Å²) < 4.78 is 4.64. The molecule has 4 heteroatoms. The maximum Gasteiger partial charge on any atom is 0.322 e. The molecule has 2 N–H and O–H groups in total. The van der Waals surface area contributed by atoms with Crippen molar-refractivity contribution in [2.75, 3.05) is 7.11 Å². The predicted octanol–water partition coefficient (Wildman–Crippen LogP) is 2.41. The summed E-state index contributed by atoms with van der Waals surface area (Å²) in [6.45, 7) is 4.07. The van der Waals surface area contributed by atoms with Crippen LogP contribution in [0.5, 0.6) is 0 Å². The van der Waals surface area contributed by atoms with Gasteiger partial charge in [-0.2, -0.15) is 0 Å². The second-order valence-corrected chi connectivity index (χ2v) is 5.10. The minimum Gasteiger partial charge on any atom is -0.468 e. The number of aryl methyl sites for hydroxylation is 1. The van der Waals surface area contributed by atoms with Crippen LogP contribution in [-0.2, 0) is 16.0 Å². The molecule has 0 saturated carbocycles. The first-order valence-electron chi connectivity index (χ1n) is 6.88. The van der Waals surface area contributed by atoms with E-state index in [1.807, 2.05) is 43.5 Å². The normalized spacial score (nSPS) is 12.0. The fourth-order valence-corrected chi connectivity index (χ4v) is 2.26. The van der Waals surface area contributed by atoms with E-state index < -0.39 is 6.04 Å². The number of ether oxygens (including phenoxy) is 1. The van der Waals surface area contributed by atoms with E-state index in [1.165, 1.54) is 18.2 Å². The fraction of sp³-hybridized carbons (Fsp3) is 0.294. The van der Waals surface area contributed by atoms with Crippen molar-refractivity contribution in [3.8, 4) is 11.1 Å². The quantitative estimate of drug-likeness (QED) is 0.876. The van der Waals surface area contributed by atoms with Crippen LogP contribution in [-0.4, -0.2) is 24.1 Å².